The maximum Gasteiger partial charge on any atom is 0.201 e. The van der Waals surface area contributed by atoms with E-state index in [1.165, 1.54) is 0 Å². The van der Waals surface area contributed by atoms with E-state index in [1.54, 1.807) is 0 Å². The summed E-state index contributed by atoms with van der Waals surface area (Å²) in [5.41, 5.74) is 8.04. The molecule has 2 aromatic rings. The maximum atomic E-state index is 6.04. The predicted molar refractivity (Wildman–Crippen MR) is 81.5 cm³/mol. The quantitative estimate of drug-likeness (QED) is 0.937. The summed E-state index contributed by atoms with van der Waals surface area (Å²) in [6, 6.07) is 5.70. The van der Waals surface area contributed by atoms with Gasteiger partial charge in [-0.3, -0.25) is 0 Å². The second-order valence-corrected chi connectivity index (χ2v) is 6.53. The maximum absolute atomic E-state index is 6.04. The molecule has 0 atom stereocenters. The van der Waals surface area contributed by atoms with Gasteiger partial charge in [-0.05, 0) is 37.7 Å². The van der Waals surface area contributed by atoms with E-state index in [0.29, 0.717) is 11.0 Å². The Kier molecular flexibility index (Phi) is 3.74. The van der Waals surface area contributed by atoms with E-state index in [0.717, 1.165) is 24.1 Å². The van der Waals surface area contributed by atoms with Crippen LogP contribution < -0.4 is 5.73 Å². The summed E-state index contributed by atoms with van der Waals surface area (Å²) in [5, 5.41) is 0.685. The van der Waals surface area contributed by atoms with Crippen molar-refractivity contribution in [3.63, 3.8) is 0 Å². The fourth-order valence-corrected chi connectivity index (χ4v) is 2.79. The normalized spacial score (nSPS) is 12.5. The Hall–Kier alpha value is -1.26. The van der Waals surface area contributed by atoms with E-state index >= 15 is 0 Å². The number of benzene rings is 1. The van der Waals surface area contributed by atoms with Crippen molar-refractivity contribution in [3.8, 4) is 0 Å². The first-order valence-corrected chi connectivity index (χ1v) is 6.72. The minimum absolute atomic E-state index is 0.116. The molecule has 0 spiro atoms. The van der Waals surface area contributed by atoms with Gasteiger partial charge in [0.25, 0.3) is 0 Å². The van der Waals surface area contributed by atoms with Gasteiger partial charge in [-0.2, -0.15) is 0 Å². The molecule has 0 amide bonds. The van der Waals surface area contributed by atoms with Crippen molar-refractivity contribution in [3.05, 3.63) is 23.2 Å². The van der Waals surface area contributed by atoms with Gasteiger partial charge in [0.2, 0.25) is 5.95 Å². The lowest BCUT2D eigenvalue weighted by molar-refractivity contribution is 0.214. The molecule has 5 heteroatoms. The van der Waals surface area contributed by atoms with Crippen LogP contribution in [0.5, 0.6) is 0 Å². The molecular formula is C14H21ClN4. The first kappa shape index (κ1) is 14.2. The van der Waals surface area contributed by atoms with Crippen LogP contribution in [0.15, 0.2) is 18.2 Å². The van der Waals surface area contributed by atoms with Gasteiger partial charge in [0.05, 0.1) is 11.0 Å². The van der Waals surface area contributed by atoms with Crippen LogP contribution >= 0.6 is 11.6 Å². The summed E-state index contributed by atoms with van der Waals surface area (Å²) in [7, 11) is 4.16. The van der Waals surface area contributed by atoms with E-state index in [2.05, 4.69) is 42.4 Å². The molecule has 0 fully saturated rings. The molecule has 0 bridgehead atoms. The standard InChI is InChI=1S/C14H21ClN4/c1-14(2,8-18(3)4)9-19-12-6-5-10(15)7-11(12)17-13(19)16/h5-7H,8-9H2,1-4H3,(H2,16,17). The van der Waals surface area contributed by atoms with Crippen LogP contribution in [0.25, 0.3) is 11.0 Å². The first-order valence-electron chi connectivity index (χ1n) is 6.34. The van der Waals surface area contributed by atoms with Crippen LogP contribution in [-0.2, 0) is 6.54 Å². The zero-order valence-corrected chi connectivity index (χ0v) is 12.7. The van der Waals surface area contributed by atoms with Crippen molar-refractivity contribution in [2.75, 3.05) is 26.4 Å². The highest BCUT2D eigenvalue weighted by Crippen LogP contribution is 2.26. The minimum Gasteiger partial charge on any atom is -0.369 e. The van der Waals surface area contributed by atoms with Gasteiger partial charge in [0.1, 0.15) is 0 Å². The fourth-order valence-electron chi connectivity index (χ4n) is 2.62. The summed E-state index contributed by atoms with van der Waals surface area (Å²) in [4.78, 5) is 6.57. The van der Waals surface area contributed by atoms with Gasteiger partial charge in [0.15, 0.2) is 0 Å². The SMILES string of the molecule is CN(C)CC(C)(C)Cn1c(N)nc2cc(Cl)ccc21. The number of nitrogens with zero attached hydrogens (tertiary/aromatic N) is 3. The van der Waals surface area contributed by atoms with Crippen LogP contribution in [-0.4, -0.2) is 35.1 Å². The molecular weight excluding hydrogens is 260 g/mol. The molecule has 1 heterocycles. The van der Waals surface area contributed by atoms with Crippen LogP contribution in [0.1, 0.15) is 13.8 Å². The van der Waals surface area contributed by atoms with Crippen LogP contribution in [0.3, 0.4) is 0 Å². The third-order valence-corrected chi connectivity index (χ3v) is 3.31. The smallest absolute Gasteiger partial charge is 0.201 e. The lowest BCUT2D eigenvalue weighted by Crippen LogP contribution is -2.32. The molecule has 0 aliphatic rings. The Labute approximate surface area is 119 Å². The summed E-state index contributed by atoms with van der Waals surface area (Å²) >= 11 is 5.99. The highest BCUT2D eigenvalue weighted by Gasteiger charge is 2.22. The van der Waals surface area contributed by atoms with E-state index in [9.17, 15) is 0 Å². The number of halogens is 1. The predicted octanol–water partition coefficient (Wildman–Crippen LogP) is 2.86. The van der Waals surface area contributed by atoms with Gasteiger partial charge in [0, 0.05) is 18.1 Å². The summed E-state index contributed by atoms with van der Waals surface area (Å²) < 4.78 is 2.06. The van der Waals surface area contributed by atoms with Gasteiger partial charge < -0.3 is 15.2 Å². The van der Waals surface area contributed by atoms with Gasteiger partial charge in [-0.25, -0.2) is 4.98 Å². The monoisotopic (exact) mass is 280 g/mol. The summed E-state index contributed by atoms with van der Waals surface area (Å²) in [5.74, 6) is 0.545. The van der Waals surface area contributed by atoms with E-state index in [-0.39, 0.29) is 5.41 Å². The van der Waals surface area contributed by atoms with Crippen molar-refractivity contribution < 1.29 is 0 Å². The van der Waals surface area contributed by atoms with Gasteiger partial charge in [-0.15, -0.1) is 0 Å². The molecule has 0 saturated heterocycles. The zero-order chi connectivity index (χ0) is 14.2. The van der Waals surface area contributed by atoms with E-state index < -0.39 is 0 Å². The highest BCUT2D eigenvalue weighted by atomic mass is 35.5. The van der Waals surface area contributed by atoms with Gasteiger partial charge in [-0.1, -0.05) is 25.4 Å². The summed E-state index contributed by atoms with van der Waals surface area (Å²) in [6.45, 7) is 6.28. The molecule has 0 radical (unpaired) electrons. The van der Waals surface area contributed by atoms with E-state index in [4.69, 9.17) is 17.3 Å². The fraction of sp³-hybridized carbons (Fsp3) is 0.500. The molecule has 2 rings (SSSR count). The lowest BCUT2D eigenvalue weighted by Gasteiger charge is -2.29. The van der Waals surface area contributed by atoms with Crippen LogP contribution in [0, 0.1) is 5.41 Å². The second kappa shape index (κ2) is 5.02. The van der Waals surface area contributed by atoms with Crippen molar-refractivity contribution in [2.24, 2.45) is 5.41 Å². The molecule has 19 heavy (non-hydrogen) atoms. The number of nitrogen functional groups attached to an aromatic ring is 1. The number of nitrogens with two attached hydrogens (primary N) is 1. The average Bonchev–Trinajstić information content (AvgIpc) is 2.52. The molecule has 2 N–H and O–H groups in total. The Morgan fingerprint density at radius 1 is 1.37 bits per heavy atom. The highest BCUT2D eigenvalue weighted by molar-refractivity contribution is 6.31. The van der Waals surface area contributed by atoms with Crippen molar-refractivity contribution in [1.29, 1.82) is 0 Å². The third kappa shape index (κ3) is 3.19. The second-order valence-electron chi connectivity index (χ2n) is 6.09. The number of anilines is 1. The molecule has 0 aliphatic heterocycles. The summed E-state index contributed by atoms with van der Waals surface area (Å²) in [6.07, 6.45) is 0. The number of imidazole rings is 1. The van der Waals surface area contributed by atoms with E-state index in [1.807, 2.05) is 18.2 Å². The minimum atomic E-state index is 0.116. The Morgan fingerprint density at radius 3 is 2.68 bits per heavy atom. The number of rotatable bonds is 4. The molecule has 4 nitrogen and oxygen atoms in total. The van der Waals surface area contributed by atoms with Crippen molar-refractivity contribution in [1.82, 2.24) is 14.5 Å². The number of aromatic nitrogens is 2. The lowest BCUT2D eigenvalue weighted by atomic mass is 9.93. The average molecular weight is 281 g/mol. The molecule has 0 saturated carbocycles. The first-order chi connectivity index (χ1) is 8.78. The number of hydrogen-bond donors (Lipinski definition) is 1. The van der Waals surface area contributed by atoms with Crippen LogP contribution in [0.4, 0.5) is 5.95 Å². The largest absolute Gasteiger partial charge is 0.369 e. The third-order valence-electron chi connectivity index (χ3n) is 3.07. The topological polar surface area (TPSA) is 47.1 Å². The molecule has 104 valence electrons. The molecule has 1 aromatic heterocycles. The number of fused-ring (bicyclic) bond motifs is 1. The van der Waals surface area contributed by atoms with Gasteiger partial charge >= 0.3 is 0 Å². The van der Waals surface area contributed by atoms with Crippen molar-refractivity contribution in [2.45, 2.75) is 20.4 Å². The Morgan fingerprint density at radius 2 is 2.05 bits per heavy atom. The Bertz CT molecular complexity index is 586. The molecule has 0 unspecified atom stereocenters. The molecule has 1 aromatic carbocycles. The zero-order valence-electron chi connectivity index (χ0n) is 11.9. The van der Waals surface area contributed by atoms with Crippen LogP contribution in [0.2, 0.25) is 5.02 Å². The van der Waals surface area contributed by atoms with Crippen molar-refractivity contribution >= 4 is 28.6 Å². The Balaban J connectivity index is 2.37. The molecule has 0 aliphatic carbocycles. The number of hydrogen-bond acceptors (Lipinski definition) is 3.